The summed E-state index contributed by atoms with van der Waals surface area (Å²) in [7, 11) is 0. The molecule has 0 unspecified atom stereocenters. The number of rotatable bonds is 3. The second kappa shape index (κ2) is 6.49. The predicted octanol–water partition coefficient (Wildman–Crippen LogP) is 5.63. The Balaban J connectivity index is 1.81. The summed E-state index contributed by atoms with van der Waals surface area (Å²) >= 11 is 6.03. The van der Waals surface area contributed by atoms with Gasteiger partial charge < -0.3 is 0 Å². The maximum absolute atomic E-state index is 13.9. The van der Waals surface area contributed by atoms with E-state index in [1.807, 2.05) is 48.5 Å². The molecule has 0 radical (unpaired) electrons. The van der Waals surface area contributed by atoms with E-state index < -0.39 is 5.82 Å². The minimum atomic E-state index is -0.414. The van der Waals surface area contributed by atoms with Crippen LogP contribution in [0, 0.1) is 5.82 Å². The number of fused-ring (bicyclic) bond motifs is 2. The van der Waals surface area contributed by atoms with Crippen molar-refractivity contribution < 1.29 is 4.39 Å². The Bertz CT molecular complexity index is 1030. The number of hydrogen-bond acceptors (Lipinski definition) is 3. The zero-order valence-electron chi connectivity index (χ0n) is 13.1. The van der Waals surface area contributed by atoms with E-state index in [-0.39, 0.29) is 5.56 Å². The molecule has 0 bridgehead atoms. The van der Waals surface area contributed by atoms with Gasteiger partial charge >= 0.3 is 0 Å². The minimum Gasteiger partial charge on any atom is -0.277 e. The molecule has 3 nitrogen and oxygen atoms in total. The van der Waals surface area contributed by atoms with Crippen LogP contribution in [-0.2, 0) is 0 Å². The van der Waals surface area contributed by atoms with Crippen LogP contribution in [0.15, 0.2) is 71.8 Å². The van der Waals surface area contributed by atoms with Crippen molar-refractivity contribution in [1.82, 2.24) is 4.98 Å². The van der Waals surface area contributed by atoms with Gasteiger partial charge in [-0.25, -0.2) is 9.37 Å². The molecule has 3 aromatic carbocycles. The van der Waals surface area contributed by atoms with E-state index in [1.165, 1.54) is 12.3 Å². The SMILES string of the molecule is Fc1cccc(Cl)c1/C=N/Nc1c2ccccc2nc2ccccc12. The summed E-state index contributed by atoms with van der Waals surface area (Å²) in [6.45, 7) is 0. The van der Waals surface area contributed by atoms with Crippen molar-refractivity contribution in [2.75, 3.05) is 5.43 Å². The molecule has 0 atom stereocenters. The first-order valence-corrected chi connectivity index (χ1v) is 8.12. The molecule has 1 heterocycles. The molecule has 1 N–H and O–H groups in total. The standard InChI is InChI=1S/C20H13ClFN3/c21-16-8-5-9-17(22)15(16)12-23-25-20-13-6-1-3-10-18(13)24-19-11-4-2-7-14(19)20/h1-12H,(H,24,25)/b23-12+. The van der Waals surface area contributed by atoms with Gasteiger partial charge in [-0.05, 0) is 24.3 Å². The molecule has 25 heavy (non-hydrogen) atoms. The number of nitrogens with one attached hydrogen (secondary N) is 1. The van der Waals surface area contributed by atoms with Crippen molar-refractivity contribution in [1.29, 1.82) is 0 Å². The Morgan fingerprint density at radius 2 is 1.52 bits per heavy atom. The van der Waals surface area contributed by atoms with Crippen molar-refractivity contribution in [3.8, 4) is 0 Å². The Kier molecular flexibility index (Phi) is 4.04. The molecule has 5 heteroatoms. The zero-order chi connectivity index (χ0) is 17.2. The fourth-order valence-electron chi connectivity index (χ4n) is 2.76. The Labute approximate surface area is 148 Å². The molecule has 122 valence electrons. The summed E-state index contributed by atoms with van der Waals surface area (Å²) < 4.78 is 13.9. The van der Waals surface area contributed by atoms with Gasteiger partial charge in [0.15, 0.2) is 0 Å². The average Bonchev–Trinajstić information content (AvgIpc) is 2.63. The van der Waals surface area contributed by atoms with Crippen molar-refractivity contribution in [3.63, 3.8) is 0 Å². The van der Waals surface area contributed by atoms with Crippen molar-refractivity contribution in [2.45, 2.75) is 0 Å². The van der Waals surface area contributed by atoms with Crippen molar-refractivity contribution >= 4 is 45.3 Å². The summed E-state index contributed by atoms with van der Waals surface area (Å²) in [5, 5.41) is 6.41. The molecule has 0 aliphatic heterocycles. The first kappa shape index (κ1) is 15.5. The lowest BCUT2D eigenvalue weighted by Gasteiger charge is -2.10. The van der Waals surface area contributed by atoms with Gasteiger partial charge in [-0.3, -0.25) is 5.43 Å². The van der Waals surface area contributed by atoms with E-state index in [0.717, 1.165) is 27.5 Å². The number of halogens is 2. The van der Waals surface area contributed by atoms with Crippen LogP contribution in [0.4, 0.5) is 10.1 Å². The number of benzene rings is 3. The molecule has 0 aliphatic carbocycles. The molecule has 0 aliphatic rings. The Morgan fingerprint density at radius 1 is 0.880 bits per heavy atom. The number of aromatic nitrogens is 1. The third kappa shape index (κ3) is 2.92. The summed E-state index contributed by atoms with van der Waals surface area (Å²) in [4.78, 5) is 4.66. The van der Waals surface area contributed by atoms with Gasteiger partial charge in [-0.1, -0.05) is 54.1 Å². The van der Waals surface area contributed by atoms with E-state index in [1.54, 1.807) is 12.1 Å². The van der Waals surface area contributed by atoms with E-state index in [9.17, 15) is 4.39 Å². The highest BCUT2D eigenvalue weighted by Crippen LogP contribution is 2.30. The first-order valence-electron chi connectivity index (χ1n) is 7.74. The first-order chi connectivity index (χ1) is 12.2. The largest absolute Gasteiger partial charge is 0.277 e. The fourth-order valence-corrected chi connectivity index (χ4v) is 2.97. The van der Waals surface area contributed by atoms with Crippen LogP contribution in [0.2, 0.25) is 5.02 Å². The molecular formula is C20H13ClFN3. The van der Waals surface area contributed by atoms with Gasteiger partial charge in [-0.15, -0.1) is 0 Å². The van der Waals surface area contributed by atoms with Crippen LogP contribution in [-0.4, -0.2) is 11.2 Å². The van der Waals surface area contributed by atoms with Gasteiger partial charge in [0.25, 0.3) is 0 Å². The lowest BCUT2D eigenvalue weighted by atomic mass is 10.1. The maximum Gasteiger partial charge on any atom is 0.133 e. The van der Waals surface area contributed by atoms with Crippen molar-refractivity contribution in [2.24, 2.45) is 5.10 Å². The third-order valence-electron chi connectivity index (χ3n) is 3.96. The van der Waals surface area contributed by atoms with Crippen LogP contribution < -0.4 is 5.43 Å². The Hall–Kier alpha value is -2.98. The van der Waals surface area contributed by atoms with Crippen LogP contribution in [0.1, 0.15) is 5.56 Å². The van der Waals surface area contributed by atoms with E-state index >= 15 is 0 Å². The van der Waals surface area contributed by atoms with E-state index in [2.05, 4.69) is 15.5 Å². The van der Waals surface area contributed by atoms with Crippen LogP contribution in [0.5, 0.6) is 0 Å². The molecule has 0 fully saturated rings. The highest BCUT2D eigenvalue weighted by Gasteiger charge is 2.08. The maximum atomic E-state index is 13.9. The monoisotopic (exact) mass is 349 g/mol. The quantitative estimate of drug-likeness (QED) is 0.296. The smallest absolute Gasteiger partial charge is 0.133 e. The minimum absolute atomic E-state index is 0.249. The molecule has 0 spiro atoms. The number of para-hydroxylation sites is 2. The summed E-state index contributed by atoms with van der Waals surface area (Å²) in [6.07, 6.45) is 1.39. The second-order valence-corrected chi connectivity index (χ2v) is 5.93. The molecule has 4 aromatic rings. The molecule has 0 saturated carbocycles. The van der Waals surface area contributed by atoms with Crippen LogP contribution in [0.25, 0.3) is 21.8 Å². The zero-order valence-corrected chi connectivity index (χ0v) is 13.8. The number of hydrogen-bond donors (Lipinski definition) is 1. The Morgan fingerprint density at radius 3 is 2.16 bits per heavy atom. The predicted molar refractivity (Wildman–Crippen MR) is 102 cm³/mol. The van der Waals surface area contributed by atoms with E-state index in [4.69, 9.17) is 11.6 Å². The summed E-state index contributed by atoms with van der Waals surface area (Å²) in [6, 6.07) is 20.2. The number of hydrazone groups is 1. The van der Waals surface area contributed by atoms with Crippen molar-refractivity contribution in [3.05, 3.63) is 83.1 Å². The van der Waals surface area contributed by atoms with Gasteiger partial charge in [-0.2, -0.15) is 5.10 Å². The van der Waals surface area contributed by atoms with Gasteiger partial charge in [0.05, 0.1) is 28.0 Å². The highest BCUT2D eigenvalue weighted by atomic mass is 35.5. The van der Waals surface area contributed by atoms with Crippen LogP contribution >= 0.6 is 11.6 Å². The van der Waals surface area contributed by atoms with Gasteiger partial charge in [0, 0.05) is 16.3 Å². The molecular weight excluding hydrogens is 337 g/mol. The fraction of sp³-hybridized carbons (Fsp3) is 0. The van der Waals surface area contributed by atoms with Crippen LogP contribution in [0.3, 0.4) is 0 Å². The summed E-state index contributed by atoms with van der Waals surface area (Å²) in [5.41, 5.74) is 5.84. The van der Waals surface area contributed by atoms with E-state index in [0.29, 0.717) is 5.02 Å². The highest BCUT2D eigenvalue weighted by molar-refractivity contribution is 6.33. The number of pyridine rings is 1. The van der Waals surface area contributed by atoms with Gasteiger partial charge in [0.2, 0.25) is 0 Å². The van der Waals surface area contributed by atoms with Gasteiger partial charge in [0.1, 0.15) is 5.82 Å². The second-order valence-electron chi connectivity index (χ2n) is 5.53. The molecule has 0 saturated heterocycles. The lowest BCUT2D eigenvalue weighted by molar-refractivity contribution is 0.626. The molecule has 0 amide bonds. The molecule has 1 aromatic heterocycles. The number of nitrogens with zero attached hydrogens (tertiary/aromatic N) is 2. The normalized spacial score (nSPS) is 11.4. The summed E-state index contributed by atoms with van der Waals surface area (Å²) in [5.74, 6) is -0.414. The lowest BCUT2D eigenvalue weighted by Crippen LogP contribution is -1.97. The topological polar surface area (TPSA) is 37.3 Å². The average molecular weight is 350 g/mol. The molecule has 4 rings (SSSR count). The number of anilines is 1. The third-order valence-corrected chi connectivity index (χ3v) is 4.29.